The first kappa shape index (κ1) is 15.4. The summed E-state index contributed by atoms with van der Waals surface area (Å²) in [6.45, 7) is 3.88. The second-order valence-corrected chi connectivity index (χ2v) is 4.92. The van der Waals surface area contributed by atoms with Gasteiger partial charge < -0.3 is 20.1 Å². The van der Waals surface area contributed by atoms with Gasteiger partial charge in [-0.15, -0.1) is 0 Å². The van der Waals surface area contributed by atoms with Gasteiger partial charge in [-0.25, -0.2) is 4.98 Å². The van der Waals surface area contributed by atoms with Crippen LogP contribution in [0.4, 0.5) is 5.69 Å². The number of hydrogen-bond acceptors (Lipinski definition) is 5. The lowest BCUT2D eigenvalue weighted by atomic mass is 10.1. The van der Waals surface area contributed by atoms with Crippen molar-refractivity contribution >= 4 is 16.6 Å². The molecule has 0 aliphatic rings. The van der Waals surface area contributed by atoms with Crippen LogP contribution < -0.4 is 20.1 Å². The third-order valence-corrected chi connectivity index (χ3v) is 3.35. The predicted molar refractivity (Wildman–Crippen MR) is 86.6 cm³/mol. The molecule has 1 aromatic carbocycles. The maximum Gasteiger partial charge on any atom is 0.148 e. The zero-order chi connectivity index (χ0) is 15.2. The molecule has 114 valence electrons. The third kappa shape index (κ3) is 3.55. The number of nitrogens with zero attached hydrogens (tertiary/aromatic N) is 1. The van der Waals surface area contributed by atoms with Crippen LogP contribution in [0.25, 0.3) is 10.9 Å². The van der Waals surface area contributed by atoms with Crippen LogP contribution in [-0.2, 0) is 0 Å². The Bertz CT molecular complexity index is 614. The van der Waals surface area contributed by atoms with Crippen LogP contribution >= 0.6 is 0 Å². The minimum Gasteiger partial charge on any atom is -0.497 e. The van der Waals surface area contributed by atoms with Crippen LogP contribution in [0, 0.1) is 6.92 Å². The average molecular weight is 289 g/mol. The van der Waals surface area contributed by atoms with Crippen molar-refractivity contribution in [2.75, 3.05) is 39.7 Å². The van der Waals surface area contributed by atoms with E-state index in [-0.39, 0.29) is 0 Å². The van der Waals surface area contributed by atoms with Crippen molar-refractivity contribution in [1.82, 2.24) is 10.3 Å². The van der Waals surface area contributed by atoms with Crippen molar-refractivity contribution in [2.45, 2.75) is 13.3 Å². The number of nitrogens with one attached hydrogen (secondary N) is 2. The Morgan fingerprint density at radius 3 is 2.57 bits per heavy atom. The van der Waals surface area contributed by atoms with Gasteiger partial charge in [0.1, 0.15) is 17.0 Å². The smallest absolute Gasteiger partial charge is 0.148 e. The molecule has 2 aromatic rings. The van der Waals surface area contributed by atoms with Gasteiger partial charge in [-0.05, 0) is 39.1 Å². The Kier molecular flexibility index (Phi) is 5.22. The van der Waals surface area contributed by atoms with E-state index in [4.69, 9.17) is 9.47 Å². The molecule has 1 heterocycles. The number of fused-ring (bicyclic) bond motifs is 1. The topological polar surface area (TPSA) is 55.4 Å². The standard InChI is InChI=1S/C16H23N3O2/c1-11-8-14(18-7-5-6-17-2)13-9-12(20-3)10-15(21-4)16(13)19-11/h8-10,17H,5-7H2,1-4H3,(H,18,19). The summed E-state index contributed by atoms with van der Waals surface area (Å²) in [4.78, 5) is 4.59. The van der Waals surface area contributed by atoms with E-state index in [0.717, 1.165) is 53.3 Å². The number of aromatic nitrogens is 1. The first-order valence-corrected chi connectivity index (χ1v) is 7.11. The Morgan fingerprint density at radius 2 is 1.90 bits per heavy atom. The van der Waals surface area contributed by atoms with E-state index in [1.807, 2.05) is 26.1 Å². The molecular formula is C16H23N3O2. The number of pyridine rings is 1. The van der Waals surface area contributed by atoms with Gasteiger partial charge in [-0.2, -0.15) is 0 Å². The molecule has 2 rings (SSSR count). The maximum absolute atomic E-state index is 5.44. The third-order valence-electron chi connectivity index (χ3n) is 3.35. The molecule has 0 spiro atoms. The zero-order valence-corrected chi connectivity index (χ0v) is 13.1. The van der Waals surface area contributed by atoms with Gasteiger partial charge in [-0.3, -0.25) is 0 Å². The van der Waals surface area contributed by atoms with Crippen molar-refractivity contribution < 1.29 is 9.47 Å². The van der Waals surface area contributed by atoms with Crippen LogP contribution in [0.5, 0.6) is 11.5 Å². The van der Waals surface area contributed by atoms with E-state index in [2.05, 4.69) is 21.7 Å². The molecule has 0 bridgehead atoms. The Labute approximate surface area is 125 Å². The van der Waals surface area contributed by atoms with Crippen molar-refractivity contribution in [3.8, 4) is 11.5 Å². The van der Waals surface area contributed by atoms with E-state index in [9.17, 15) is 0 Å². The number of benzene rings is 1. The maximum atomic E-state index is 5.44. The van der Waals surface area contributed by atoms with Crippen molar-refractivity contribution in [2.24, 2.45) is 0 Å². The van der Waals surface area contributed by atoms with Gasteiger partial charge in [0.05, 0.1) is 14.2 Å². The fourth-order valence-electron chi connectivity index (χ4n) is 2.31. The van der Waals surface area contributed by atoms with Gasteiger partial charge >= 0.3 is 0 Å². The summed E-state index contributed by atoms with van der Waals surface area (Å²) in [6, 6.07) is 5.91. The van der Waals surface area contributed by atoms with Gasteiger partial charge in [0.15, 0.2) is 0 Å². The first-order chi connectivity index (χ1) is 10.2. The summed E-state index contributed by atoms with van der Waals surface area (Å²) in [5, 5.41) is 7.64. The molecule has 21 heavy (non-hydrogen) atoms. The minimum atomic E-state index is 0.728. The Hall–Kier alpha value is -2.01. The number of anilines is 1. The van der Waals surface area contributed by atoms with E-state index >= 15 is 0 Å². The molecule has 0 fully saturated rings. The molecule has 0 aliphatic carbocycles. The summed E-state index contributed by atoms with van der Waals surface area (Å²) in [7, 11) is 5.27. The van der Waals surface area contributed by atoms with Crippen molar-refractivity contribution in [3.05, 3.63) is 23.9 Å². The highest BCUT2D eigenvalue weighted by Gasteiger charge is 2.11. The summed E-state index contributed by atoms with van der Waals surface area (Å²) in [5.74, 6) is 1.50. The van der Waals surface area contributed by atoms with Crippen LogP contribution in [0.1, 0.15) is 12.1 Å². The van der Waals surface area contributed by atoms with Gasteiger partial charge in [0, 0.05) is 29.4 Å². The zero-order valence-electron chi connectivity index (χ0n) is 13.1. The molecule has 0 amide bonds. The van der Waals surface area contributed by atoms with E-state index < -0.39 is 0 Å². The Morgan fingerprint density at radius 1 is 1.10 bits per heavy atom. The quantitative estimate of drug-likeness (QED) is 0.767. The van der Waals surface area contributed by atoms with Crippen molar-refractivity contribution in [3.63, 3.8) is 0 Å². The molecule has 0 unspecified atom stereocenters. The second kappa shape index (κ2) is 7.13. The molecule has 0 saturated heterocycles. The lowest BCUT2D eigenvalue weighted by molar-refractivity contribution is 0.397. The fraction of sp³-hybridized carbons (Fsp3) is 0.438. The molecule has 1 aromatic heterocycles. The van der Waals surface area contributed by atoms with E-state index in [1.165, 1.54) is 0 Å². The number of rotatable bonds is 7. The molecular weight excluding hydrogens is 266 g/mol. The predicted octanol–water partition coefficient (Wildman–Crippen LogP) is 2.58. The highest BCUT2D eigenvalue weighted by molar-refractivity contribution is 5.96. The molecule has 5 nitrogen and oxygen atoms in total. The second-order valence-electron chi connectivity index (χ2n) is 4.92. The van der Waals surface area contributed by atoms with Crippen LogP contribution in [0.15, 0.2) is 18.2 Å². The molecule has 0 radical (unpaired) electrons. The lowest BCUT2D eigenvalue weighted by Gasteiger charge is -2.14. The molecule has 0 aliphatic heterocycles. The molecule has 0 atom stereocenters. The van der Waals surface area contributed by atoms with Gasteiger partial charge in [0.2, 0.25) is 0 Å². The number of ether oxygens (including phenoxy) is 2. The van der Waals surface area contributed by atoms with Crippen LogP contribution in [0.2, 0.25) is 0 Å². The van der Waals surface area contributed by atoms with Gasteiger partial charge in [-0.1, -0.05) is 0 Å². The SMILES string of the molecule is CNCCCNc1cc(C)nc2c(OC)cc(OC)cc12. The van der Waals surface area contributed by atoms with E-state index in [0.29, 0.717) is 0 Å². The van der Waals surface area contributed by atoms with Gasteiger partial charge in [0.25, 0.3) is 0 Å². The number of methoxy groups -OCH3 is 2. The van der Waals surface area contributed by atoms with Crippen LogP contribution in [0.3, 0.4) is 0 Å². The highest BCUT2D eigenvalue weighted by Crippen LogP contribution is 2.34. The largest absolute Gasteiger partial charge is 0.497 e. The minimum absolute atomic E-state index is 0.728. The monoisotopic (exact) mass is 289 g/mol. The molecule has 2 N–H and O–H groups in total. The summed E-state index contributed by atoms with van der Waals surface area (Å²) < 4.78 is 10.8. The van der Waals surface area contributed by atoms with Crippen LogP contribution in [-0.4, -0.2) is 39.3 Å². The van der Waals surface area contributed by atoms with Crippen molar-refractivity contribution in [1.29, 1.82) is 0 Å². The summed E-state index contributed by atoms with van der Waals surface area (Å²) >= 11 is 0. The molecule has 5 heteroatoms. The average Bonchev–Trinajstić information content (AvgIpc) is 2.50. The summed E-state index contributed by atoms with van der Waals surface area (Å²) in [5.41, 5.74) is 2.88. The van der Waals surface area contributed by atoms with E-state index in [1.54, 1.807) is 14.2 Å². The highest BCUT2D eigenvalue weighted by atomic mass is 16.5. The normalized spacial score (nSPS) is 10.7. The lowest BCUT2D eigenvalue weighted by Crippen LogP contribution is -2.13. The number of hydrogen-bond donors (Lipinski definition) is 2. The Balaban J connectivity index is 2.43. The first-order valence-electron chi connectivity index (χ1n) is 7.11. The molecule has 0 saturated carbocycles. The fourth-order valence-corrected chi connectivity index (χ4v) is 2.31. The number of aryl methyl sites for hydroxylation is 1. The summed E-state index contributed by atoms with van der Waals surface area (Å²) in [6.07, 6.45) is 1.06.